The van der Waals surface area contributed by atoms with Crippen molar-refractivity contribution in [2.45, 2.75) is 45.2 Å². The molecule has 1 aromatic heterocycles. The van der Waals surface area contributed by atoms with Gasteiger partial charge in [-0.05, 0) is 6.42 Å². The largest absolute Gasteiger partial charge is 0.378 e. The maximum Gasteiger partial charge on any atom is 0.224 e. The molecule has 0 saturated carbocycles. The molecule has 22 heavy (non-hydrogen) atoms. The molecule has 1 amide bonds. The first-order chi connectivity index (χ1) is 10.8. The van der Waals surface area contributed by atoms with E-state index in [1.807, 2.05) is 9.58 Å². The summed E-state index contributed by atoms with van der Waals surface area (Å²) in [6.45, 7) is 6.44. The molecule has 1 N–H and O–H groups in total. The summed E-state index contributed by atoms with van der Waals surface area (Å²) in [5, 5.41) is 8.01. The Balaban J connectivity index is 1.41. The van der Waals surface area contributed by atoms with Gasteiger partial charge in [0.15, 0.2) is 5.82 Å². The number of amides is 1. The minimum atomic E-state index is 0.223. The second-order valence-corrected chi connectivity index (χ2v) is 5.91. The molecule has 3 heterocycles. The van der Waals surface area contributed by atoms with Gasteiger partial charge in [-0.2, -0.15) is 5.10 Å². The molecular weight excluding hydrogens is 282 g/mol. The third kappa shape index (κ3) is 3.64. The van der Waals surface area contributed by atoms with Crippen molar-refractivity contribution >= 4 is 5.91 Å². The van der Waals surface area contributed by atoms with E-state index in [4.69, 9.17) is 4.74 Å². The van der Waals surface area contributed by atoms with Crippen LogP contribution in [-0.2, 0) is 28.9 Å². The van der Waals surface area contributed by atoms with Gasteiger partial charge in [0.1, 0.15) is 5.82 Å². The van der Waals surface area contributed by atoms with Gasteiger partial charge in [-0.1, -0.05) is 6.92 Å². The summed E-state index contributed by atoms with van der Waals surface area (Å²) in [7, 11) is 0. The number of aryl methyl sites for hydroxylation is 2. The van der Waals surface area contributed by atoms with E-state index in [1.165, 1.54) is 0 Å². The topological polar surface area (TPSA) is 72.3 Å². The van der Waals surface area contributed by atoms with Gasteiger partial charge in [0.25, 0.3) is 0 Å². The van der Waals surface area contributed by atoms with Crippen LogP contribution in [0.15, 0.2) is 0 Å². The predicted molar refractivity (Wildman–Crippen MR) is 81.5 cm³/mol. The zero-order chi connectivity index (χ0) is 15.4. The summed E-state index contributed by atoms with van der Waals surface area (Å²) >= 11 is 0. The summed E-state index contributed by atoms with van der Waals surface area (Å²) in [6, 6.07) is 0.386. The van der Waals surface area contributed by atoms with Crippen LogP contribution in [-0.4, -0.2) is 64.5 Å². The predicted octanol–water partition coefficient (Wildman–Crippen LogP) is -0.00620. The fraction of sp³-hybridized carbons (Fsp3) is 0.800. The number of rotatable bonds is 5. The Bertz CT molecular complexity index is 510. The van der Waals surface area contributed by atoms with Crippen molar-refractivity contribution in [3.05, 3.63) is 11.6 Å². The van der Waals surface area contributed by atoms with E-state index in [2.05, 4.69) is 22.3 Å². The first kappa shape index (κ1) is 15.4. The summed E-state index contributed by atoms with van der Waals surface area (Å²) in [5.41, 5.74) is 0. The number of nitrogens with one attached hydrogen (secondary N) is 1. The van der Waals surface area contributed by atoms with Crippen LogP contribution in [0.25, 0.3) is 0 Å². The summed E-state index contributed by atoms with van der Waals surface area (Å²) < 4.78 is 7.29. The van der Waals surface area contributed by atoms with E-state index in [0.717, 1.165) is 57.1 Å². The van der Waals surface area contributed by atoms with Crippen molar-refractivity contribution < 1.29 is 9.53 Å². The SMILES string of the molecule is CCc1nc2n(n1)C[C@@H](NCCC(=O)N1CCOCC1)CC2. The molecule has 0 spiro atoms. The Morgan fingerprint density at radius 1 is 1.41 bits per heavy atom. The van der Waals surface area contributed by atoms with E-state index in [0.29, 0.717) is 25.7 Å². The molecule has 2 aliphatic rings. The van der Waals surface area contributed by atoms with Gasteiger partial charge in [0.05, 0.1) is 19.8 Å². The number of morpholine rings is 1. The van der Waals surface area contributed by atoms with E-state index >= 15 is 0 Å². The van der Waals surface area contributed by atoms with Crippen LogP contribution in [0.4, 0.5) is 0 Å². The number of aromatic nitrogens is 3. The molecule has 1 atom stereocenters. The molecule has 2 aliphatic heterocycles. The number of carbonyl (C=O) groups excluding carboxylic acids is 1. The maximum absolute atomic E-state index is 12.1. The van der Waals surface area contributed by atoms with Crippen molar-refractivity contribution in [1.82, 2.24) is 25.0 Å². The first-order valence-electron chi connectivity index (χ1n) is 8.27. The fourth-order valence-corrected chi connectivity index (χ4v) is 3.03. The molecule has 1 aromatic rings. The molecule has 0 radical (unpaired) electrons. The van der Waals surface area contributed by atoms with Crippen LogP contribution < -0.4 is 5.32 Å². The number of nitrogens with zero attached hydrogens (tertiary/aromatic N) is 4. The number of carbonyl (C=O) groups is 1. The monoisotopic (exact) mass is 307 g/mol. The lowest BCUT2D eigenvalue weighted by atomic mass is 10.1. The number of hydrogen-bond donors (Lipinski definition) is 1. The molecule has 0 aromatic carbocycles. The Kier molecular flexibility index (Phi) is 5.04. The van der Waals surface area contributed by atoms with Crippen LogP contribution in [0.1, 0.15) is 31.4 Å². The Hall–Kier alpha value is -1.47. The molecule has 7 heteroatoms. The molecule has 122 valence electrons. The lowest BCUT2D eigenvalue weighted by Crippen LogP contribution is -2.43. The normalized spacial score (nSPS) is 21.7. The van der Waals surface area contributed by atoms with Crippen molar-refractivity contribution in [3.8, 4) is 0 Å². The van der Waals surface area contributed by atoms with Gasteiger partial charge in [-0.3, -0.25) is 4.79 Å². The molecule has 1 saturated heterocycles. The smallest absolute Gasteiger partial charge is 0.224 e. The van der Waals surface area contributed by atoms with Crippen LogP contribution >= 0.6 is 0 Å². The second kappa shape index (κ2) is 7.19. The quantitative estimate of drug-likeness (QED) is 0.828. The maximum atomic E-state index is 12.1. The zero-order valence-corrected chi connectivity index (χ0v) is 13.3. The van der Waals surface area contributed by atoms with E-state index in [-0.39, 0.29) is 5.91 Å². The van der Waals surface area contributed by atoms with E-state index < -0.39 is 0 Å². The van der Waals surface area contributed by atoms with Gasteiger partial charge >= 0.3 is 0 Å². The first-order valence-corrected chi connectivity index (χ1v) is 8.27. The van der Waals surface area contributed by atoms with Crippen LogP contribution in [0, 0.1) is 0 Å². The Morgan fingerprint density at radius 3 is 3.00 bits per heavy atom. The minimum Gasteiger partial charge on any atom is -0.378 e. The highest BCUT2D eigenvalue weighted by Gasteiger charge is 2.22. The van der Waals surface area contributed by atoms with Crippen molar-refractivity contribution in [3.63, 3.8) is 0 Å². The zero-order valence-electron chi connectivity index (χ0n) is 13.3. The number of hydrogen-bond acceptors (Lipinski definition) is 5. The van der Waals surface area contributed by atoms with Crippen molar-refractivity contribution in [2.75, 3.05) is 32.8 Å². The van der Waals surface area contributed by atoms with Gasteiger partial charge in [-0.15, -0.1) is 0 Å². The average molecular weight is 307 g/mol. The lowest BCUT2D eigenvalue weighted by molar-refractivity contribution is -0.135. The number of ether oxygens (including phenoxy) is 1. The van der Waals surface area contributed by atoms with Gasteiger partial charge in [0.2, 0.25) is 5.91 Å². The van der Waals surface area contributed by atoms with Gasteiger partial charge in [0, 0.05) is 44.9 Å². The molecule has 7 nitrogen and oxygen atoms in total. The second-order valence-electron chi connectivity index (χ2n) is 5.91. The van der Waals surface area contributed by atoms with Gasteiger partial charge in [-0.25, -0.2) is 9.67 Å². The van der Waals surface area contributed by atoms with Crippen LogP contribution in [0.2, 0.25) is 0 Å². The minimum absolute atomic E-state index is 0.223. The average Bonchev–Trinajstić information content (AvgIpc) is 2.98. The fourth-order valence-electron chi connectivity index (χ4n) is 3.03. The van der Waals surface area contributed by atoms with E-state index in [9.17, 15) is 4.79 Å². The molecule has 3 rings (SSSR count). The van der Waals surface area contributed by atoms with Gasteiger partial charge < -0.3 is 15.0 Å². The molecule has 1 fully saturated rings. The molecule has 0 aliphatic carbocycles. The standard InChI is InChI=1S/C15H25N5O2/c1-2-13-17-14-4-3-12(11-20(14)18-13)16-6-5-15(21)19-7-9-22-10-8-19/h12,16H,2-11H2,1H3/t12-/m0/s1. The highest BCUT2D eigenvalue weighted by molar-refractivity contribution is 5.76. The summed E-state index contributed by atoms with van der Waals surface area (Å²) in [6.07, 6.45) is 3.46. The van der Waals surface area contributed by atoms with Crippen LogP contribution in [0.3, 0.4) is 0 Å². The lowest BCUT2D eigenvalue weighted by Gasteiger charge is -2.28. The molecule has 0 unspecified atom stereocenters. The van der Waals surface area contributed by atoms with Crippen molar-refractivity contribution in [1.29, 1.82) is 0 Å². The Morgan fingerprint density at radius 2 is 2.23 bits per heavy atom. The van der Waals surface area contributed by atoms with Crippen LogP contribution in [0.5, 0.6) is 0 Å². The van der Waals surface area contributed by atoms with Crippen molar-refractivity contribution in [2.24, 2.45) is 0 Å². The summed E-state index contributed by atoms with van der Waals surface area (Å²) in [5.74, 6) is 2.25. The molecular formula is C15H25N5O2. The third-order valence-corrected chi connectivity index (χ3v) is 4.35. The number of fused-ring (bicyclic) bond motifs is 1. The van der Waals surface area contributed by atoms with E-state index in [1.54, 1.807) is 0 Å². The third-order valence-electron chi connectivity index (χ3n) is 4.35. The molecule has 0 bridgehead atoms. The Labute approximate surface area is 131 Å². The highest BCUT2D eigenvalue weighted by atomic mass is 16.5. The summed E-state index contributed by atoms with van der Waals surface area (Å²) in [4.78, 5) is 18.5. The highest BCUT2D eigenvalue weighted by Crippen LogP contribution is 2.13.